The summed E-state index contributed by atoms with van der Waals surface area (Å²) in [7, 11) is 0. The van der Waals surface area contributed by atoms with Gasteiger partial charge in [0.15, 0.2) is 0 Å². The minimum Gasteiger partial charge on any atom is -0.329 e. The molecule has 2 bridgehead atoms. The molecule has 3 heteroatoms. The number of hydrogen-bond acceptors (Lipinski definition) is 3. The topological polar surface area (TPSA) is 32.5 Å². The van der Waals surface area contributed by atoms with Gasteiger partial charge in [0.25, 0.3) is 0 Å². The maximum Gasteiger partial charge on any atom is 0.0387 e. The second-order valence-corrected chi connectivity index (χ2v) is 7.79. The molecule has 0 amide bonds. The molecule has 3 nitrogen and oxygen atoms in total. The SMILES string of the molecule is NCC1(N2CCCC2C2CCCC2)CCN2CCC1C2. The molecule has 0 aromatic rings. The Kier molecular flexibility index (Phi) is 3.56. The predicted molar refractivity (Wildman–Crippen MR) is 82.6 cm³/mol. The fourth-order valence-electron chi connectivity index (χ4n) is 5.97. The highest BCUT2D eigenvalue weighted by atomic mass is 15.3. The molecular weight excluding hydrogens is 246 g/mol. The molecule has 4 unspecified atom stereocenters. The van der Waals surface area contributed by atoms with Gasteiger partial charge in [-0.05, 0) is 70.0 Å². The van der Waals surface area contributed by atoms with Gasteiger partial charge in [0.1, 0.15) is 0 Å². The lowest BCUT2D eigenvalue weighted by Gasteiger charge is -2.52. The molecule has 0 aromatic heterocycles. The molecule has 1 aliphatic carbocycles. The molecule has 114 valence electrons. The van der Waals surface area contributed by atoms with Crippen molar-refractivity contribution < 1.29 is 0 Å². The Morgan fingerprint density at radius 2 is 1.80 bits per heavy atom. The average molecular weight is 277 g/mol. The first-order valence-corrected chi connectivity index (χ1v) is 9.03. The summed E-state index contributed by atoms with van der Waals surface area (Å²) < 4.78 is 0. The Labute approximate surface area is 123 Å². The fraction of sp³-hybridized carbons (Fsp3) is 1.00. The summed E-state index contributed by atoms with van der Waals surface area (Å²) in [6.07, 6.45) is 11.5. The molecule has 4 fully saturated rings. The first kappa shape index (κ1) is 13.5. The van der Waals surface area contributed by atoms with E-state index in [0.717, 1.165) is 24.4 Å². The van der Waals surface area contributed by atoms with Crippen LogP contribution in [0, 0.1) is 11.8 Å². The molecular formula is C17H31N3. The van der Waals surface area contributed by atoms with Crippen LogP contribution in [0.25, 0.3) is 0 Å². The number of nitrogens with two attached hydrogens (primary N) is 1. The highest BCUT2D eigenvalue weighted by Gasteiger charge is 2.52. The van der Waals surface area contributed by atoms with Gasteiger partial charge < -0.3 is 10.6 Å². The minimum atomic E-state index is 0.358. The largest absolute Gasteiger partial charge is 0.329 e. The molecule has 1 saturated carbocycles. The third kappa shape index (κ3) is 1.97. The maximum absolute atomic E-state index is 6.40. The summed E-state index contributed by atoms with van der Waals surface area (Å²) in [6.45, 7) is 6.17. The van der Waals surface area contributed by atoms with E-state index in [1.54, 1.807) is 0 Å². The standard InChI is InChI=1S/C17H31N3/c18-13-17(8-11-19-10-7-15(17)12-19)20-9-3-6-16(20)14-4-1-2-5-14/h14-16H,1-13,18H2. The molecule has 4 rings (SSSR count). The summed E-state index contributed by atoms with van der Waals surface area (Å²) in [5, 5.41) is 0. The lowest BCUT2D eigenvalue weighted by atomic mass is 9.76. The Bertz CT molecular complexity index is 352. The zero-order valence-corrected chi connectivity index (χ0v) is 12.9. The van der Waals surface area contributed by atoms with Crippen LogP contribution in [0.2, 0.25) is 0 Å². The van der Waals surface area contributed by atoms with Gasteiger partial charge in [0.2, 0.25) is 0 Å². The molecule has 0 aromatic carbocycles. The molecule has 4 aliphatic rings. The van der Waals surface area contributed by atoms with E-state index in [4.69, 9.17) is 5.73 Å². The van der Waals surface area contributed by atoms with Gasteiger partial charge in [-0.3, -0.25) is 4.90 Å². The zero-order valence-electron chi connectivity index (χ0n) is 12.9. The molecule has 3 saturated heterocycles. The molecule has 3 aliphatic heterocycles. The van der Waals surface area contributed by atoms with Gasteiger partial charge in [-0.2, -0.15) is 0 Å². The van der Waals surface area contributed by atoms with E-state index in [-0.39, 0.29) is 0 Å². The van der Waals surface area contributed by atoms with E-state index >= 15 is 0 Å². The molecule has 20 heavy (non-hydrogen) atoms. The van der Waals surface area contributed by atoms with Gasteiger partial charge in [0.05, 0.1) is 0 Å². The van der Waals surface area contributed by atoms with Crippen LogP contribution in [0.4, 0.5) is 0 Å². The lowest BCUT2D eigenvalue weighted by Crippen LogP contribution is -2.64. The summed E-state index contributed by atoms with van der Waals surface area (Å²) in [5.41, 5.74) is 6.76. The minimum absolute atomic E-state index is 0.358. The molecule has 3 heterocycles. The van der Waals surface area contributed by atoms with Crippen molar-refractivity contribution in [1.82, 2.24) is 9.80 Å². The Balaban J connectivity index is 1.59. The highest BCUT2D eigenvalue weighted by Crippen LogP contribution is 2.46. The van der Waals surface area contributed by atoms with Gasteiger partial charge in [-0.15, -0.1) is 0 Å². The van der Waals surface area contributed by atoms with Crippen LogP contribution >= 0.6 is 0 Å². The molecule has 4 atom stereocenters. The quantitative estimate of drug-likeness (QED) is 0.857. The van der Waals surface area contributed by atoms with Crippen molar-refractivity contribution in [1.29, 1.82) is 0 Å². The van der Waals surface area contributed by atoms with Crippen LogP contribution in [0.15, 0.2) is 0 Å². The Hall–Kier alpha value is -0.120. The number of rotatable bonds is 3. The van der Waals surface area contributed by atoms with E-state index in [1.807, 2.05) is 0 Å². The number of piperidine rings is 1. The van der Waals surface area contributed by atoms with E-state index in [2.05, 4.69) is 9.80 Å². The van der Waals surface area contributed by atoms with E-state index in [0.29, 0.717) is 5.54 Å². The van der Waals surface area contributed by atoms with Crippen molar-refractivity contribution in [2.24, 2.45) is 17.6 Å². The Morgan fingerprint density at radius 3 is 2.60 bits per heavy atom. The first-order valence-electron chi connectivity index (χ1n) is 9.03. The number of hydrogen-bond donors (Lipinski definition) is 1. The second-order valence-electron chi connectivity index (χ2n) is 7.79. The number of fused-ring (bicyclic) bond motifs is 2. The smallest absolute Gasteiger partial charge is 0.0387 e. The van der Waals surface area contributed by atoms with Gasteiger partial charge in [-0.25, -0.2) is 0 Å². The van der Waals surface area contributed by atoms with Crippen molar-refractivity contribution in [2.75, 3.05) is 32.7 Å². The van der Waals surface area contributed by atoms with E-state index in [9.17, 15) is 0 Å². The number of likely N-dealkylation sites (tertiary alicyclic amines) is 1. The zero-order chi connectivity index (χ0) is 13.6. The third-order valence-electron chi connectivity index (χ3n) is 7.06. The monoisotopic (exact) mass is 277 g/mol. The summed E-state index contributed by atoms with van der Waals surface area (Å²) in [5.74, 6) is 1.84. The number of nitrogens with zero attached hydrogens (tertiary/aromatic N) is 2. The van der Waals surface area contributed by atoms with E-state index in [1.165, 1.54) is 77.5 Å². The van der Waals surface area contributed by atoms with Crippen LogP contribution < -0.4 is 5.73 Å². The normalized spacial score (nSPS) is 46.4. The highest BCUT2D eigenvalue weighted by molar-refractivity contribution is 5.08. The van der Waals surface area contributed by atoms with Gasteiger partial charge in [0, 0.05) is 24.7 Å². The lowest BCUT2D eigenvalue weighted by molar-refractivity contribution is -0.0158. The predicted octanol–water partition coefficient (Wildman–Crippen LogP) is 2.06. The molecule has 0 spiro atoms. The van der Waals surface area contributed by atoms with Gasteiger partial charge in [-0.1, -0.05) is 12.8 Å². The summed E-state index contributed by atoms with van der Waals surface area (Å²) >= 11 is 0. The molecule has 2 N–H and O–H groups in total. The van der Waals surface area contributed by atoms with Crippen LogP contribution in [0.5, 0.6) is 0 Å². The first-order chi connectivity index (χ1) is 9.83. The molecule has 0 radical (unpaired) electrons. The van der Waals surface area contributed by atoms with Crippen molar-refractivity contribution in [3.05, 3.63) is 0 Å². The van der Waals surface area contributed by atoms with Crippen molar-refractivity contribution in [3.8, 4) is 0 Å². The van der Waals surface area contributed by atoms with Crippen LogP contribution in [-0.4, -0.2) is 54.1 Å². The fourth-order valence-corrected chi connectivity index (χ4v) is 5.97. The maximum atomic E-state index is 6.40. The Morgan fingerprint density at radius 1 is 0.950 bits per heavy atom. The van der Waals surface area contributed by atoms with E-state index < -0.39 is 0 Å². The summed E-state index contributed by atoms with van der Waals surface area (Å²) in [4.78, 5) is 5.61. The average Bonchev–Trinajstić information content (AvgIpc) is 3.20. The van der Waals surface area contributed by atoms with Crippen molar-refractivity contribution in [2.45, 2.75) is 62.9 Å². The van der Waals surface area contributed by atoms with Crippen LogP contribution in [0.1, 0.15) is 51.4 Å². The van der Waals surface area contributed by atoms with Crippen molar-refractivity contribution in [3.63, 3.8) is 0 Å². The van der Waals surface area contributed by atoms with Crippen LogP contribution in [0.3, 0.4) is 0 Å². The second kappa shape index (κ2) is 5.26. The van der Waals surface area contributed by atoms with Crippen molar-refractivity contribution >= 4 is 0 Å². The summed E-state index contributed by atoms with van der Waals surface area (Å²) in [6, 6.07) is 0.869. The van der Waals surface area contributed by atoms with Crippen LogP contribution in [-0.2, 0) is 0 Å². The van der Waals surface area contributed by atoms with Gasteiger partial charge >= 0.3 is 0 Å². The third-order valence-corrected chi connectivity index (χ3v) is 7.06.